The summed E-state index contributed by atoms with van der Waals surface area (Å²) in [4.78, 5) is 22.7. The van der Waals surface area contributed by atoms with E-state index in [-0.39, 0.29) is 11.7 Å². The molecule has 2 heterocycles. The summed E-state index contributed by atoms with van der Waals surface area (Å²) in [6, 6.07) is 15.0. The molecule has 32 heavy (non-hydrogen) atoms. The monoisotopic (exact) mass is 452 g/mol. The molecular formula is C25H29FN4OS. The SMILES string of the molecule is Cc1cccc(N2CCN(CCNC(=O)c3sc(Cc4ccc(F)cc4)nc3C)CC2)c1. The number of aromatic nitrogens is 1. The van der Waals surface area contributed by atoms with E-state index in [1.54, 1.807) is 12.1 Å². The lowest BCUT2D eigenvalue weighted by atomic mass is 10.1. The lowest BCUT2D eigenvalue weighted by Crippen LogP contribution is -2.48. The molecule has 0 unspecified atom stereocenters. The minimum atomic E-state index is -0.249. The first-order valence-electron chi connectivity index (χ1n) is 11.0. The molecule has 0 radical (unpaired) electrons. The average molecular weight is 453 g/mol. The van der Waals surface area contributed by atoms with E-state index in [2.05, 4.69) is 51.3 Å². The Kier molecular flexibility index (Phi) is 7.17. The van der Waals surface area contributed by atoms with Crippen LogP contribution in [0.25, 0.3) is 0 Å². The first kappa shape index (κ1) is 22.4. The molecule has 1 aliphatic heterocycles. The maximum atomic E-state index is 13.1. The van der Waals surface area contributed by atoms with Crippen molar-refractivity contribution in [1.29, 1.82) is 0 Å². The van der Waals surface area contributed by atoms with Gasteiger partial charge in [0.25, 0.3) is 5.91 Å². The van der Waals surface area contributed by atoms with Gasteiger partial charge in [0.15, 0.2) is 0 Å². The first-order valence-corrected chi connectivity index (χ1v) is 11.8. The van der Waals surface area contributed by atoms with Gasteiger partial charge in [-0.15, -0.1) is 11.3 Å². The van der Waals surface area contributed by atoms with Crippen molar-refractivity contribution < 1.29 is 9.18 Å². The Labute approximate surface area is 192 Å². The number of halogens is 1. The van der Waals surface area contributed by atoms with Crippen LogP contribution in [0.4, 0.5) is 10.1 Å². The molecule has 4 rings (SSSR count). The highest BCUT2D eigenvalue weighted by molar-refractivity contribution is 7.13. The number of anilines is 1. The van der Waals surface area contributed by atoms with Crippen LogP contribution >= 0.6 is 11.3 Å². The second-order valence-electron chi connectivity index (χ2n) is 8.25. The number of amides is 1. The molecule has 0 aliphatic carbocycles. The van der Waals surface area contributed by atoms with E-state index in [0.717, 1.165) is 49.0 Å². The summed E-state index contributed by atoms with van der Waals surface area (Å²) in [7, 11) is 0. The number of piperazine rings is 1. The Hall–Kier alpha value is -2.77. The van der Waals surface area contributed by atoms with Gasteiger partial charge < -0.3 is 10.2 Å². The molecule has 1 N–H and O–H groups in total. The van der Waals surface area contributed by atoms with E-state index in [9.17, 15) is 9.18 Å². The van der Waals surface area contributed by atoms with Gasteiger partial charge in [-0.25, -0.2) is 9.37 Å². The third kappa shape index (κ3) is 5.72. The van der Waals surface area contributed by atoms with Crippen LogP contribution in [0, 0.1) is 19.7 Å². The summed E-state index contributed by atoms with van der Waals surface area (Å²) in [6.45, 7) is 9.43. The fraction of sp³-hybridized carbons (Fsp3) is 0.360. The summed E-state index contributed by atoms with van der Waals surface area (Å²) in [5.41, 5.74) is 4.30. The number of carbonyl (C=O) groups is 1. The van der Waals surface area contributed by atoms with Gasteiger partial charge in [0, 0.05) is 51.4 Å². The smallest absolute Gasteiger partial charge is 0.263 e. The second-order valence-corrected chi connectivity index (χ2v) is 9.33. The quantitative estimate of drug-likeness (QED) is 0.588. The Morgan fingerprint density at radius 2 is 1.84 bits per heavy atom. The highest BCUT2D eigenvalue weighted by atomic mass is 32.1. The van der Waals surface area contributed by atoms with Crippen molar-refractivity contribution in [3.8, 4) is 0 Å². The molecule has 1 aliphatic rings. The predicted molar refractivity (Wildman–Crippen MR) is 128 cm³/mol. The van der Waals surface area contributed by atoms with Crippen LogP contribution in [0.3, 0.4) is 0 Å². The number of thiazole rings is 1. The van der Waals surface area contributed by atoms with Crippen LogP contribution in [0.15, 0.2) is 48.5 Å². The molecule has 1 fully saturated rings. The van der Waals surface area contributed by atoms with Crippen molar-refractivity contribution in [2.75, 3.05) is 44.2 Å². The zero-order valence-electron chi connectivity index (χ0n) is 18.6. The molecule has 2 aromatic carbocycles. The van der Waals surface area contributed by atoms with Gasteiger partial charge in [-0.05, 0) is 49.2 Å². The minimum absolute atomic E-state index is 0.0660. The number of carbonyl (C=O) groups excluding carboxylic acids is 1. The van der Waals surface area contributed by atoms with E-state index in [4.69, 9.17) is 0 Å². The number of rotatable bonds is 7. The Balaban J connectivity index is 1.23. The van der Waals surface area contributed by atoms with Crippen LogP contribution in [0.5, 0.6) is 0 Å². The molecule has 5 nitrogen and oxygen atoms in total. The zero-order valence-corrected chi connectivity index (χ0v) is 19.4. The Morgan fingerprint density at radius 3 is 2.56 bits per heavy atom. The van der Waals surface area contributed by atoms with Crippen LogP contribution in [0.2, 0.25) is 0 Å². The van der Waals surface area contributed by atoms with Gasteiger partial charge in [-0.1, -0.05) is 24.3 Å². The fourth-order valence-corrected chi connectivity index (χ4v) is 4.99. The molecule has 168 valence electrons. The van der Waals surface area contributed by atoms with E-state index >= 15 is 0 Å². The summed E-state index contributed by atoms with van der Waals surface area (Å²) in [5, 5.41) is 3.92. The Morgan fingerprint density at radius 1 is 1.09 bits per heavy atom. The van der Waals surface area contributed by atoms with Crippen molar-refractivity contribution in [2.24, 2.45) is 0 Å². The third-order valence-electron chi connectivity index (χ3n) is 5.77. The lowest BCUT2D eigenvalue weighted by Gasteiger charge is -2.36. The molecule has 0 bridgehead atoms. The average Bonchev–Trinajstić information content (AvgIpc) is 3.16. The number of aryl methyl sites for hydroxylation is 2. The van der Waals surface area contributed by atoms with Crippen LogP contribution in [-0.2, 0) is 6.42 Å². The fourth-order valence-electron chi connectivity index (χ4n) is 3.98. The topological polar surface area (TPSA) is 48.5 Å². The largest absolute Gasteiger partial charge is 0.369 e. The summed E-state index contributed by atoms with van der Waals surface area (Å²) in [6.07, 6.45) is 0.601. The van der Waals surface area contributed by atoms with Gasteiger partial charge in [-0.3, -0.25) is 9.69 Å². The van der Waals surface area contributed by atoms with Crippen LogP contribution in [0.1, 0.15) is 31.5 Å². The van der Waals surface area contributed by atoms with Gasteiger partial charge in [0.05, 0.1) is 10.7 Å². The van der Waals surface area contributed by atoms with Gasteiger partial charge in [0.2, 0.25) is 0 Å². The van der Waals surface area contributed by atoms with E-state index in [1.807, 2.05) is 6.92 Å². The summed E-state index contributed by atoms with van der Waals surface area (Å²) < 4.78 is 13.1. The van der Waals surface area contributed by atoms with Crippen molar-refractivity contribution in [3.63, 3.8) is 0 Å². The van der Waals surface area contributed by atoms with Crippen molar-refractivity contribution in [1.82, 2.24) is 15.2 Å². The van der Waals surface area contributed by atoms with Crippen molar-refractivity contribution >= 4 is 22.9 Å². The number of nitrogens with one attached hydrogen (secondary N) is 1. The molecule has 0 atom stereocenters. The van der Waals surface area contributed by atoms with E-state index < -0.39 is 0 Å². The molecule has 1 aromatic heterocycles. The van der Waals surface area contributed by atoms with Crippen LogP contribution in [-0.4, -0.2) is 55.1 Å². The summed E-state index contributed by atoms with van der Waals surface area (Å²) in [5.74, 6) is -0.315. The molecule has 3 aromatic rings. The van der Waals surface area contributed by atoms with Crippen molar-refractivity contribution in [2.45, 2.75) is 20.3 Å². The van der Waals surface area contributed by atoms with Crippen LogP contribution < -0.4 is 10.2 Å². The standard InChI is InChI=1S/C25H29FN4OS/c1-18-4-3-5-22(16-18)30-14-12-29(13-15-30)11-10-27-25(31)24-19(2)28-23(32-24)17-20-6-8-21(26)9-7-20/h3-9,16H,10-15,17H2,1-2H3,(H,27,31). The molecule has 1 amide bonds. The van der Waals surface area contributed by atoms with E-state index in [1.165, 1.54) is 34.7 Å². The van der Waals surface area contributed by atoms with Gasteiger partial charge >= 0.3 is 0 Å². The maximum Gasteiger partial charge on any atom is 0.263 e. The molecule has 7 heteroatoms. The molecule has 0 saturated carbocycles. The highest BCUT2D eigenvalue weighted by Crippen LogP contribution is 2.21. The van der Waals surface area contributed by atoms with E-state index in [0.29, 0.717) is 17.8 Å². The second kappa shape index (κ2) is 10.2. The zero-order chi connectivity index (χ0) is 22.5. The molecule has 1 saturated heterocycles. The highest BCUT2D eigenvalue weighted by Gasteiger charge is 2.19. The number of nitrogens with zero attached hydrogens (tertiary/aromatic N) is 3. The predicted octanol–water partition coefficient (Wildman–Crippen LogP) is 4.04. The minimum Gasteiger partial charge on any atom is -0.369 e. The lowest BCUT2D eigenvalue weighted by molar-refractivity contribution is 0.0951. The number of hydrogen-bond donors (Lipinski definition) is 1. The molecule has 0 spiro atoms. The first-order chi connectivity index (χ1) is 15.5. The maximum absolute atomic E-state index is 13.1. The summed E-state index contributed by atoms with van der Waals surface area (Å²) >= 11 is 1.41. The normalized spacial score (nSPS) is 14.5. The third-order valence-corrected chi connectivity index (χ3v) is 6.92. The number of hydrogen-bond acceptors (Lipinski definition) is 5. The van der Waals surface area contributed by atoms with Gasteiger partial charge in [0.1, 0.15) is 10.7 Å². The van der Waals surface area contributed by atoms with Crippen molar-refractivity contribution in [3.05, 3.63) is 81.1 Å². The molecular weight excluding hydrogens is 423 g/mol. The number of benzene rings is 2. The van der Waals surface area contributed by atoms with Gasteiger partial charge in [-0.2, -0.15) is 0 Å². The Bertz CT molecular complexity index is 1060.